The standard InChI is InChI=1S/C13H21BrN2O/c14-9-5-6-12-13-8(9)7-15-16(13)10-3-1-2-4-11(10)17-12/h8-13,15H,1-7H2. The Kier molecular flexibility index (Phi) is 2.76. The van der Waals surface area contributed by atoms with E-state index in [4.69, 9.17) is 4.74 Å². The van der Waals surface area contributed by atoms with Gasteiger partial charge < -0.3 is 4.74 Å². The van der Waals surface area contributed by atoms with E-state index >= 15 is 0 Å². The van der Waals surface area contributed by atoms with Crippen LogP contribution in [0.25, 0.3) is 0 Å². The summed E-state index contributed by atoms with van der Waals surface area (Å²) in [5, 5.41) is 2.59. The van der Waals surface area contributed by atoms with E-state index in [2.05, 4.69) is 26.4 Å². The van der Waals surface area contributed by atoms with Gasteiger partial charge in [0.2, 0.25) is 0 Å². The zero-order valence-electron chi connectivity index (χ0n) is 10.1. The van der Waals surface area contributed by atoms with Crippen LogP contribution in [0, 0.1) is 5.92 Å². The molecule has 0 amide bonds. The lowest BCUT2D eigenvalue weighted by Crippen LogP contribution is -2.64. The molecule has 2 aliphatic carbocycles. The highest BCUT2D eigenvalue weighted by atomic mass is 79.9. The van der Waals surface area contributed by atoms with Gasteiger partial charge in [-0.15, -0.1) is 0 Å². The maximum atomic E-state index is 6.42. The third-order valence-corrected chi connectivity index (χ3v) is 6.35. The SMILES string of the molecule is BrC1CCC2OC3CCCCC3N3NCC1C23. The van der Waals surface area contributed by atoms with Crippen molar-refractivity contribution in [2.75, 3.05) is 6.54 Å². The molecule has 3 nitrogen and oxygen atoms in total. The summed E-state index contributed by atoms with van der Waals surface area (Å²) in [6.07, 6.45) is 8.83. The van der Waals surface area contributed by atoms with Crippen LogP contribution in [-0.2, 0) is 4.74 Å². The minimum atomic E-state index is 0.489. The first-order chi connectivity index (χ1) is 8.34. The molecular weight excluding hydrogens is 280 g/mol. The zero-order valence-corrected chi connectivity index (χ0v) is 11.7. The topological polar surface area (TPSA) is 24.5 Å². The van der Waals surface area contributed by atoms with Gasteiger partial charge in [-0.3, -0.25) is 5.43 Å². The van der Waals surface area contributed by atoms with Crippen molar-refractivity contribution in [3.05, 3.63) is 0 Å². The number of alkyl halides is 1. The molecule has 17 heavy (non-hydrogen) atoms. The molecule has 6 atom stereocenters. The number of nitrogens with zero attached hydrogens (tertiary/aromatic N) is 1. The molecule has 96 valence electrons. The van der Waals surface area contributed by atoms with Crippen LogP contribution < -0.4 is 5.43 Å². The molecule has 0 bridgehead atoms. The van der Waals surface area contributed by atoms with Crippen LogP contribution in [0.2, 0.25) is 0 Å². The number of hydrazine groups is 1. The van der Waals surface area contributed by atoms with Gasteiger partial charge in [0, 0.05) is 17.3 Å². The predicted octanol–water partition coefficient (Wildman–Crippen LogP) is 2.06. The Bertz CT molecular complexity index is 314. The third-order valence-electron chi connectivity index (χ3n) is 5.22. The van der Waals surface area contributed by atoms with Crippen molar-refractivity contribution in [1.82, 2.24) is 10.4 Å². The first-order valence-electron chi connectivity index (χ1n) is 7.16. The number of rotatable bonds is 0. The molecule has 2 heterocycles. The number of hydrogen-bond acceptors (Lipinski definition) is 3. The minimum Gasteiger partial charge on any atom is -0.372 e. The first-order valence-corrected chi connectivity index (χ1v) is 8.07. The van der Waals surface area contributed by atoms with Gasteiger partial charge >= 0.3 is 0 Å². The van der Waals surface area contributed by atoms with Gasteiger partial charge in [0.25, 0.3) is 0 Å². The fourth-order valence-corrected chi connectivity index (χ4v) is 5.18. The van der Waals surface area contributed by atoms with Crippen LogP contribution in [0.4, 0.5) is 0 Å². The molecule has 0 aromatic carbocycles. The summed E-state index contributed by atoms with van der Waals surface area (Å²) in [6, 6.07) is 1.28. The summed E-state index contributed by atoms with van der Waals surface area (Å²) >= 11 is 3.87. The van der Waals surface area contributed by atoms with E-state index in [1.807, 2.05) is 0 Å². The lowest BCUT2D eigenvalue weighted by Gasteiger charge is -2.52. The molecule has 6 unspecified atom stereocenters. The van der Waals surface area contributed by atoms with E-state index in [1.54, 1.807) is 0 Å². The molecule has 2 saturated heterocycles. The summed E-state index contributed by atoms with van der Waals surface area (Å²) in [5.41, 5.74) is 3.68. The van der Waals surface area contributed by atoms with Gasteiger partial charge in [-0.1, -0.05) is 28.8 Å². The summed E-state index contributed by atoms with van der Waals surface area (Å²) < 4.78 is 6.42. The van der Waals surface area contributed by atoms with Gasteiger partial charge in [0.05, 0.1) is 24.3 Å². The molecule has 0 aromatic heterocycles. The van der Waals surface area contributed by atoms with Gasteiger partial charge in [0.1, 0.15) is 0 Å². The largest absolute Gasteiger partial charge is 0.372 e. The van der Waals surface area contributed by atoms with E-state index in [-0.39, 0.29) is 0 Å². The third kappa shape index (κ3) is 1.64. The number of fused-ring (bicyclic) bond motifs is 2. The molecule has 0 radical (unpaired) electrons. The van der Waals surface area contributed by atoms with E-state index in [0.717, 1.165) is 12.5 Å². The molecule has 0 spiro atoms. The van der Waals surface area contributed by atoms with Gasteiger partial charge in [-0.25, -0.2) is 5.01 Å². The van der Waals surface area contributed by atoms with E-state index in [9.17, 15) is 0 Å². The van der Waals surface area contributed by atoms with Crippen molar-refractivity contribution < 1.29 is 4.74 Å². The smallest absolute Gasteiger partial charge is 0.0752 e. The lowest BCUT2D eigenvalue weighted by molar-refractivity contribution is -0.179. The second kappa shape index (κ2) is 4.19. The van der Waals surface area contributed by atoms with Crippen LogP contribution in [-0.4, -0.2) is 40.7 Å². The molecule has 4 aliphatic rings. The van der Waals surface area contributed by atoms with Gasteiger partial charge in [0.15, 0.2) is 0 Å². The van der Waals surface area contributed by atoms with Crippen LogP contribution in [0.3, 0.4) is 0 Å². The summed E-state index contributed by atoms with van der Waals surface area (Å²) in [4.78, 5) is 0.685. The predicted molar refractivity (Wildman–Crippen MR) is 70.0 cm³/mol. The second-order valence-electron chi connectivity index (χ2n) is 6.08. The Morgan fingerprint density at radius 1 is 1.06 bits per heavy atom. The van der Waals surface area contributed by atoms with Crippen LogP contribution in [0.15, 0.2) is 0 Å². The number of nitrogens with one attached hydrogen (secondary N) is 1. The van der Waals surface area contributed by atoms with Gasteiger partial charge in [-0.05, 0) is 25.7 Å². The minimum absolute atomic E-state index is 0.489. The van der Waals surface area contributed by atoms with E-state index < -0.39 is 0 Å². The average molecular weight is 301 g/mol. The normalized spacial score (nSPS) is 54.2. The Morgan fingerprint density at radius 3 is 2.88 bits per heavy atom. The van der Waals surface area contributed by atoms with Crippen molar-refractivity contribution >= 4 is 15.9 Å². The fourth-order valence-electron chi connectivity index (χ4n) is 4.41. The Balaban J connectivity index is 1.63. The summed E-state index contributed by atoms with van der Waals surface area (Å²) in [7, 11) is 0. The van der Waals surface area contributed by atoms with Crippen LogP contribution in [0.1, 0.15) is 38.5 Å². The zero-order chi connectivity index (χ0) is 11.4. The van der Waals surface area contributed by atoms with E-state index in [0.29, 0.717) is 29.1 Å². The Morgan fingerprint density at radius 2 is 1.94 bits per heavy atom. The highest BCUT2D eigenvalue weighted by Crippen LogP contribution is 2.44. The molecular formula is C13H21BrN2O. The van der Waals surface area contributed by atoms with E-state index in [1.165, 1.54) is 38.5 Å². The van der Waals surface area contributed by atoms with Gasteiger partial charge in [-0.2, -0.15) is 0 Å². The molecule has 4 fully saturated rings. The first kappa shape index (κ1) is 11.2. The van der Waals surface area contributed by atoms with Crippen LogP contribution >= 0.6 is 15.9 Å². The molecule has 2 aliphatic heterocycles. The molecule has 1 N–H and O–H groups in total. The molecule has 4 heteroatoms. The Hall–Kier alpha value is 0.360. The molecule has 0 aromatic rings. The number of halogens is 1. The second-order valence-corrected chi connectivity index (χ2v) is 7.26. The maximum Gasteiger partial charge on any atom is 0.0752 e. The van der Waals surface area contributed by atoms with Crippen molar-refractivity contribution in [1.29, 1.82) is 0 Å². The Labute approximate surface area is 111 Å². The average Bonchev–Trinajstić information content (AvgIpc) is 2.80. The molecule has 2 saturated carbocycles. The fraction of sp³-hybridized carbons (Fsp3) is 1.00. The van der Waals surface area contributed by atoms with Crippen LogP contribution in [0.5, 0.6) is 0 Å². The van der Waals surface area contributed by atoms with Crippen molar-refractivity contribution in [2.24, 2.45) is 5.92 Å². The highest BCUT2D eigenvalue weighted by Gasteiger charge is 2.53. The lowest BCUT2D eigenvalue weighted by atomic mass is 9.79. The molecule has 4 rings (SSSR count). The maximum absolute atomic E-state index is 6.42. The number of morpholine rings is 1. The summed E-state index contributed by atoms with van der Waals surface area (Å²) in [5.74, 6) is 0.747. The monoisotopic (exact) mass is 300 g/mol. The van der Waals surface area contributed by atoms with Crippen molar-refractivity contribution in [2.45, 2.75) is 67.6 Å². The summed E-state index contributed by atoms with van der Waals surface area (Å²) in [6.45, 7) is 1.14. The van der Waals surface area contributed by atoms with Crippen molar-refractivity contribution in [3.63, 3.8) is 0 Å². The number of hydrogen-bond donors (Lipinski definition) is 1. The quantitative estimate of drug-likeness (QED) is 0.693. The van der Waals surface area contributed by atoms with Crippen molar-refractivity contribution in [3.8, 4) is 0 Å². The highest BCUT2D eigenvalue weighted by molar-refractivity contribution is 9.09. The number of ether oxygens (including phenoxy) is 1.